The standard InChI is InChI=1S/C19H20F4N2O/c1-3-5-12(17(4-2)24-11-20)9-25-10-14(8-18(25)26)13-6-15(21)19(23)16(22)7-13/h3-7,14,24H,1,8-11H2,2H3/b12-5-,17-4+. The highest BCUT2D eigenvalue weighted by Gasteiger charge is 2.32. The third kappa shape index (κ3) is 4.33. The summed E-state index contributed by atoms with van der Waals surface area (Å²) in [6, 6.07) is 1.84. The van der Waals surface area contributed by atoms with E-state index in [1.54, 1.807) is 19.1 Å². The molecule has 0 spiro atoms. The number of allylic oxidation sites excluding steroid dienone is 3. The van der Waals surface area contributed by atoms with Gasteiger partial charge in [-0.05, 0) is 30.2 Å². The van der Waals surface area contributed by atoms with E-state index in [1.807, 2.05) is 0 Å². The Labute approximate surface area is 149 Å². The summed E-state index contributed by atoms with van der Waals surface area (Å²) in [5.41, 5.74) is 1.42. The fourth-order valence-electron chi connectivity index (χ4n) is 3.01. The van der Waals surface area contributed by atoms with E-state index in [0.717, 1.165) is 12.1 Å². The Hall–Kier alpha value is -2.57. The fourth-order valence-corrected chi connectivity index (χ4v) is 3.01. The summed E-state index contributed by atoms with van der Waals surface area (Å²) in [5, 5.41) is 2.57. The summed E-state index contributed by atoms with van der Waals surface area (Å²) in [6.45, 7) is 5.00. The Balaban J connectivity index is 2.19. The first-order chi connectivity index (χ1) is 12.4. The van der Waals surface area contributed by atoms with Crippen molar-refractivity contribution in [3.63, 3.8) is 0 Å². The van der Waals surface area contributed by atoms with Gasteiger partial charge >= 0.3 is 0 Å². The Morgan fingerprint density at radius 3 is 2.54 bits per heavy atom. The van der Waals surface area contributed by atoms with Gasteiger partial charge in [-0.3, -0.25) is 4.79 Å². The average Bonchev–Trinajstić information content (AvgIpc) is 2.97. The van der Waals surface area contributed by atoms with Crippen molar-refractivity contribution < 1.29 is 22.4 Å². The number of benzene rings is 1. The third-order valence-electron chi connectivity index (χ3n) is 4.26. The Morgan fingerprint density at radius 1 is 1.35 bits per heavy atom. The van der Waals surface area contributed by atoms with Crippen LogP contribution < -0.4 is 5.32 Å². The predicted octanol–water partition coefficient (Wildman–Crippen LogP) is 3.95. The molecule has 0 aliphatic carbocycles. The number of likely N-dealkylation sites (tertiary alicyclic amines) is 1. The van der Waals surface area contributed by atoms with Crippen LogP contribution in [0.15, 0.2) is 48.2 Å². The van der Waals surface area contributed by atoms with Gasteiger partial charge in [0, 0.05) is 31.1 Å². The molecule has 140 valence electrons. The number of halogens is 4. The van der Waals surface area contributed by atoms with Gasteiger partial charge in [-0.2, -0.15) is 0 Å². The van der Waals surface area contributed by atoms with Crippen molar-refractivity contribution in [2.45, 2.75) is 19.3 Å². The van der Waals surface area contributed by atoms with Gasteiger partial charge in [-0.1, -0.05) is 24.8 Å². The van der Waals surface area contributed by atoms with Crippen molar-refractivity contribution >= 4 is 5.91 Å². The first-order valence-electron chi connectivity index (χ1n) is 8.11. The average molecular weight is 368 g/mol. The van der Waals surface area contributed by atoms with Crippen LogP contribution in [0.4, 0.5) is 17.6 Å². The Kier molecular flexibility index (Phi) is 6.60. The van der Waals surface area contributed by atoms with Crippen molar-refractivity contribution in [3.05, 3.63) is 71.2 Å². The van der Waals surface area contributed by atoms with Gasteiger partial charge in [0.15, 0.2) is 24.3 Å². The number of carbonyl (C=O) groups is 1. The zero-order valence-corrected chi connectivity index (χ0v) is 14.4. The minimum absolute atomic E-state index is 0.0631. The molecule has 3 nitrogen and oxygen atoms in total. The van der Waals surface area contributed by atoms with Crippen LogP contribution in [0.25, 0.3) is 0 Å². The van der Waals surface area contributed by atoms with Crippen molar-refractivity contribution in [3.8, 4) is 0 Å². The number of amides is 1. The molecule has 0 saturated carbocycles. The zero-order valence-electron chi connectivity index (χ0n) is 14.4. The molecule has 0 bridgehead atoms. The minimum atomic E-state index is -1.53. The van der Waals surface area contributed by atoms with E-state index in [4.69, 9.17) is 0 Å². The first-order valence-corrected chi connectivity index (χ1v) is 8.11. The monoisotopic (exact) mass is 368 g/mol. The molecule has 26 heavy (non-hydrogen) atoms. The number of hydrogen-bond acceptors (Lipinski definition) is 2. The van der Waals surface area contributed by atoms with Crippen LogP contribution in [0.3, 0.4) is 0 Å². The van der Waals surface area contributed by atoms with Crippen LogP contribution >= 0.6 is 0 Å². The van der Waals surface area contributed by atoms with Gasteiger partial charge in [0.25, 0.3) is 0 Å². The molecule has 0 radical (unpaired) electrons. The van der Waals surface area contributed by atoms with E-state index >= 15 is 0 Å². The van der Waals surface area contributed by atoms with Crippen LogP contribution in [0, 0.1) is 17.5 Å². The van der Waals surface area contributed by atoms with E-state index < -0.39 is 30.2 Å². The Bertz CT molecular complexity index is 735. The smallest absolute Gasteiger partial charge is 0.223 e. The fraction of sp³-hybridized carbons (Fsp3) is 0.316. The van der Waals surface area contributed by atoms with Crippen molar-refractivity contribution in [1.82, 2.24) is 10.2 Å². The molecule has 7 heteroatoms. The molecule has 1 aliphatic heterocycles. The molecule has 1 fully saturated rings. The maximum absolute atomic E-state index is 13.4. The van der Waals surface area contributed by atoms with Crippen LogP contribution in [-0.2, 0) is 4.79 Å². The molecule has 1 aromatic rings. The van der Waals surface area contributed by atoms with E-state index in [-0.39, 0.29) is 31.0 Å². The molecule has 1 aliphatic rings. The summed E-state index contributed by atoms with van der Waals surface area (Å²) >= 11 is 0. The molecule has 1 aromatic carbocycles. The van der Waals surface area contributed by atoms with E-state index in [1.165, 1.54) is 11.0 Å². The lowest BCUT2D eigenvalue weighted by molar-refractivity contribution is -0.127. The molecule has 0 aromatic heterocycles. The summed E-state index contributed by atoms with van der Waals surface area (Å²) in [4.78, 5) is 13.8. The van der Waals surface area contributed by atoms with Gasteiger partial charge in [0.2, 0.25) is 5.91 Å². The highest BCUT2D eigenvalue weighted by atomic mass is 19.2. The molecular weight excluding hydrogens is 348 g/mol. The minimum Gasteiger partial charge on any atom is -0.358 e. The van der Waals surface area contributed by atoms with Crippen molar-refractivity contribution in [1.29, 1.82) is 0 Å². The predicted molar refractivity (Wildman–Crippen MR) is 91.4 cm³/mol. The summed E-state index contributed by atoms with van der Waals surface area (Å²) in [5.74, 6) is -4.73. The van der Waals surface area contributed by atoms with Crippen LogP contribution in [-0.4, -0.2) is 30.7 Å². The highest BCUT2D eigenvalue weighted by Crippen LogP contribution is 2.31. The summed E-state index contributed by atoms with van der Waals surface area (Å²) in [6.07, 6.45) is 4.93. The molecule has 1 N–H and O–H groups in total. The van der Waals surface area contributed by atoms with Crippen LogP contribution in [0.2, 0.25) is 0 Å². The number of hydrogen-bond donors (Lipinski definition) is 1. The second-order valence-corrected chi connectivity index (χ2v) is 5.91. The van der Waals surface area contributed by atoms with Gasteiger partial charge in [0.1, 0.15) is 0 Å². The summed E-state index contributed by atoms with van der Waals surface area (Å²) < 4.78 is 52.6. The second kappa shape index (κ2) is 8.69. The zero-order chi connectivity index (χ0) is 19.3. The molecule has 1 heterocycles. The number of nitrogens with one attached hydrogen (secondary N) is 1. The Morgan fingerprint density at radius 2 is 2.00 bits per heavy atom. The van der Waals surface area contributed by atoms with Gasteiger partial charge < -0.3 is 10.2 Å². The lowest BCUT2D eigenvalue weighted by atomic mass is 9.98. The quantitative estimate of drug-likeness (QED) is 0.342. The lowest BCUT2D eigenvalue weighted by Gasteiger charge is -2.21. The normalized spacial score (nSPS) is 18.4. The SMILES string of the molecule is C=C/C=C(CN1CC(c2cc(F)c(F)c(F)c2)CC1=O)\C(=C/C)NCF. The first kappa shape index (κ1) is 19.8. The molecule has 1 unspecified atom stereocenters. The van der Waals surface area contributed by atoms with Crippen LogP contribution in [0.5, 0.6) is 0 Å². The number of carbonyl (C=O) groups excluding carboxylic acids is 1. The topological polar surface area (TPSA) is 32.3 Å². The largest absolute Gasteiger partial charge is 0.358 e. The lowest BCUT2D eigenvalue weighted by Crippen LogP contribution is -2.29. The van der Waals surface area contributed by atoms with E-state index in [2.05, 4.69) is 11.9 Å². The molecule has 1 atom stereocenters. The summed E-state index contributed by atoms with van der Waals surface area (Å²) in [7, 11) is 0. The number of alkyl halides is 1. The van der Waals surface area contributed by atoms with E-state index in [0.29, 0.717) is 11.3 Å². The van der Waals surface area contributed by atoms with Gasteiger partial charge in [-0.25, -0.2) is 17.6 Å². The molecule has 1 amide bonds. The van der Waals surface area contributed by atoms with Crippen LogP contribution in [0.1, 0.15) is 24.8 Å². The van der Waals surface area contributed by atoms with E-state index in [9.17, 15) is 22.4 Å². The van der Waals surface area contributed by atoms with Crippen molar-refractivity contribution in [2.24, 2.45) is 0 Å². The number of nitrogens with zero attached hydrogens (tertiary/aromatic N) is 1. The maximum atomic E-state index is 13.4. The van der Waals surface area contributed by atoms with Gasteiger partial charge in [-0.15, -0.1) is 0 Å². The molecule has 2 rings (SSSR count). The highest BCUT2D eigenvalue weighted by molar-refractivity contribution is 5.80. The molecular formula is C19H20F4N2O. The van der Waals surface area contributed by atoms with Gasteiger partial charge in [0.05, 0.1) is 0 Å². The maximum Gasteiger partial charge on any atom is 0.223 e. The molecule has 1 saturated heterocycles. The number of rotatable bonds is 7. The second-order valence-electron chi connectivity index (χ2n) is 5.91. The third-order valence-corrected chi connectivity index (χ3v) is 4.26. The van der Waals surface area contributed by atoms with Crippen molar-refractivity contribution in [2.75, 3.05) is 19.9 Å².